The van der Waals surface area contributed by atoms with Crippen LogP contribution in [0.4, 0.5) is 0 Å². The van der Waals surface area contributed by atoms with Gasteiger partial charge in [0.05, 0.1) is 24.4 Å². The monoisotopic (exact) mass is 550 g/mol. The second-order valence-corrected chi connectivity index (χ2v) is 12.1. The van der Waals surface area contributed by atoms with Gasteiger partial charge >= 0.3 is 11.9 Å². The maximum atomic E-state index is 11.5. The number of benzene rings is 2. The lowest BCUT2D eigenvalue weighted by Crippen LogP contribution is -2.31. The van der Waals surface area contributed by atoms with Crippen LogP contribution in [0.5, 0.6) is 0 Å². The third kappa shape index (κ3) is 10.1. The number of hydrogen-bond donors (Lipinski definition) is 0. The molecule has 6 heteroatoms. The van der Waals surface area contributed by atoms with Crippen LogP contribution in [0, 0.1) is 0 Å². The Hall–Kier alpha value is -3.22. The Bertz CT molecular complexity index is 1060. The van der Waals surface area contributed by atoms with Crippen LogP contribution in [0.3, 0.4) is 0 Å². The van der Waals surface area contributed by atoms with E-state index >= 15 is 0 Å². The molecule has 0 fully saturated rings. The van der Waals surface area contributed by atoms with Gasteiger partial charge in [-0.05, 0) is 77.6 Å². The van der Waals surface area contributed by atoms with Crippen LogP contribution < -0.4 is 0 Å². The van der Waals surface area contributed by atoms with Crippen LogP contribution in [0.1, 0.15) is 79.4 Å². The van der Waals surface area contributed by atoms with Gasteiger partial charge in [-0.2, -0.15) is 0 Å². The summed E-state index contributed by atoms with van der Waals surface area (Å²) in [6.45, 7) is 23.4. The highest BCUT2D eigenvalue weighted by molar-refractivity contribution is 5.81. The predicted octanol–water partition coefficient (Wildman–Crippen LogP) is 7.65. The van der Waals surface area contributed by atoms with E-state index in [-0.39, 0.29) is 0 Å². The first-order valence-corrected chi connectivity index (χ1v) is 13.7. The zero-order chi connectivity index (χ0) is 30.2. The third-order valence-electron chi connectivity index (χ3n) is 6.91. The van der Waals surface area contributed by atoms with Crippen molar-refractivity contribution >= 4 is 11.9 Å². The molecule has 218 valence electrons. The van der Waals surface area contributed by atoms with E-state index in [4.69, 9.17) is 18.9 Å². The Morgan fingerprint density at radius 3 is 1.18 bits per heavy atom. The van der Waals surface area contributed by atoms with E-state index in [2.05, 4.69) is 61.7 Å². The zero-order valence-corrected chi connectivity index (χ0v) is 25.5. The van der Waals surface area contributed by atoms with Crippen LogP contribution in [0.2, 0.25) is 0 Å². The van der Waals surface area contributed by atoms with Crippen LogP contribution in [0.25, 0.3) is 11.1 Å². The molecule has 0 saturated heterocycles. The van der Waals surface area contributed by atoms with E-state index in [1.165, 1.54) is 12.2 Å². The molecule has 0 amide bonds. The second kappa shape index (κ2) is 13.4. The summed E-state index contributed by atoms with van der Waals surface area (Å²) in [5.74, 6) is -0.867. The van der Waals surface area contributed by atoms with Crippen LogP contribution in [0.15, 0.2) is 73.8 Å². The van der Waals surface area contributed by atoms with E-state index in [0.29, 0.717) is 26.1 Å². The maximum Gasteiger partial charge on any atom is 0.330 e. The fourth-order valence-electron chi connectivity index (χ4n) is 4.13. The molecule has 0 spiro atoms. The van der Waals surface area contributed by atoms with E-state index < -0.39 is 34.3 Å². The summed E-state index contributed by atoms with van der Waals surface area (Å²) in [5, 5.41) is 0. The van der Waals surface area contributed by atoms with Crippen molar-refractivity contribution < 1.29 is 28.5 Å². The molecule has 2 aromatic rings. The first-order chi connectivity index (χ1) is 18.5. The number of carbonyl (C=O) groups excluding carboxylic acids is 2. The van der Waals surface area contributed by atoms with Crippen LogP contribution >= 0.6 is 0 Å². The molecule has 2 rings (SSSR count). The fraction of sp³-hybridized carbons (Fsp3) is 0.471. The van der Waals surface area contributed by atoms with Gasteiger partial charge in [-0.15, -0.1) is 0 Å². The van der Waals surface area contributed by atoms with Crippen molar-refractivity contribution in [2.45, 2.75) is 90.6 Å². The van der Waals surface area contributed by atoms with Crippen molar-refractivity contribution in [2.24, 2.45) is 0 Å². The molecule has 0 unspecified atom stereocenters. The molecule has 2 aromatic carbocycles. The van der Waals surface area contributed by atoms with Crippen molar-refractivity contribution in [1.29, 1.82) is 0 Å². The fourth-order valence-corrected chi connectivity index (χ4v) is 4.13. The molecule has 0 radical (unpaired) electrons. The summed E-state index contributed by atoms with van der Waals surface area (Å²) in [6, 6.07) is 16.7. The summed E-state index contributed by atoms with van der Waals surface area (Å²) in [6.07, 6.45) is 3.49. The van der Waals surface area contributed by atoms with Gasteiger partial charge in [0.15, 0.2) is 0 Å². The molecular weight excluding hydrogens is 504 g/mol. The summed E-state index contributed by atoms with van der Waals surface area (Å²) >= 11 is 0. The largest absolute Gasteiger partial charge is 0.456 e. The Kier molecular flexibility index (Phi) is 11.1. The molecule has 0 atom stereocenters. The van der Waals surface area contributed by atoms with Crippen molar-refractivity contribution in [2.75, 3.05) is 13.2 Å². The summed E-state index contributed by atoms with van der Waals surface area (Å²) in [5.41, 5.74) is 2.07. The lowest BCUT2D eigenvalue weighted by molar-refractivity contribution is -0.154. The van der Waals surface area contributed by atoms with Gasteiger partial charge in [-0.3, -0.25) is 0 Å². The maximum absolute atomic E-state index is 11.5. The molecular formula is C34H46O6. The van der Waals surface area contributed by atoms with Gasteiger partial charge in [0, 0.05) is 25.0 Å². The Morgan fingerprint density at radius 1 is 0.600 bits per heavy atom. The lowest BCUT2D eigenvalue weighted by atomic mass is 9.93. The molecule has 0 N–H and O–H groups in total. The highest BCUT2D eigenvalue weighted by Gasteiger charge is 2.27. The van der Waals surface area contributed by atoms with Gasteiger partial charge in [-0.1, -0.05) is 61.7 Å². The highest BCUT2D eigenvalue weighted by atomic mass is 16.6. The molecule has 6 nitrogen and oxygen atoms in total. The quantitative estimate of drug-likeness (QED) is 0.168. The Balaban J connectivity index is 1.98. The van der Waals surface area contributed by atoms with Gasteiger partial charge in [0.1, 0.15) is 11.2 Å². The van der Waals surface area contributed by atoms with E-state index in [9.17, 15) is 9.59 Å². The predicted molar refractivity (Wildman–Crippen MR) is 160 cm³/mol. The topological polar surface area (TPSA) is 71.1 Å². The minimum atomic E-state index is -0.631. The van der Waals surface area contributed by atoms with E-state index in [1.54, 1.807) is 0 Å². The minimum absolute atomic E-state index is 0.434. The van der Waals surface area contributed by atoms with Crippen molar-refractivity contribution in [3.8, 4) is 11.1 Å². The van der Waals surface area contributed by atoms with Gasteiger partial charge in [0.25, 0.3) is 0 Å². The average Bonchev–Trinajstić information content (AvgIpc) is 2.87. The average molecular weight is 551 g/mol. The first-order valence-electron chi connectivity index (χ1n) is 13.7. The number of esters is 2. The van der Waals surface area contributed by atoms with Gasteiger partial charge < -0.3 is 18.9 Å². The molecule has 40 heavy (non-hydrogen) atoms. The standard InChI is InChI=1S/C34H46O6/c1-11-29(35)39-31(3,4)21-23-37-33(7,8)27-17-13-25(14-18-27)26-15-19-28(20-16-26)34(9,10)38-24-22-32(5,6)40-30(36)12-2/h11-20H,1-2,21-24H2,3-10H3. The summed E-state index contributed by atoms with van der Waals surface area (Å²) < 4.78 is 23.1. The van der Waals surface area contributed by atoms with Crippen molar-refractivity contribution in [3.05, 3.63) is 85.0 Å². The zero-order valence-electron chi connectivity index (χ0n) is 25.5. The van der Waals surface area contributed by atoms with Crippen LogP contribution in [-0.2, 0) is 39.7 Å². The molecule has 0 aliphatic rings. The summed E-state index contributed by atoms with van der Waals surface area (Å²) in [4.78, 5) is 23.1. The summed E-state index contributed by atoms with van der Waals surface area (Å²) in [7, 11) is 0. The SMILES string of the molecule is C=CC(=O)OC(C)(C)CCOC(C)(C)c1ccc(-c2ccc(C(C)(C)OCCC(C)(C)OC(=O)C=C)cc2)cc1. The number of ether oxygens (including phenoxy) is 4. The third-order valence-corrected chi connectivity index (χ3v) is 6.91. The van der Waals surface area contributed by atoms with Crippen molar-refractivity contribution in [1.82, 2.24) is 0 Å². The van der Waals surface area contributed by atoms with Crippen LogP contribution in [-0.4, -0.2) is 36.4 Å². The Labute approximate surface area is 240 Å². The minimum Gasteiger partial charge on any atom is -0.456 e. The number of carbonyl (C=O) groups is 2. The smallest absolute Gasteiger partial charge is 0.330 e. The molecule has 0 aliphatic heterocycles. The number of rotatable bonds is 15. The first kappa shape index (κ1) is 33.0. The molecule has 0 heterocycles. The van der Waals surface area contributed by atoms with Gasteiger partial charge in [-0.25, -0.2) is 9.59 Å². The molecule has 0 aromatic heterocycles. The van der Waals surface area contributed by atoms with Crippen molar-refractivity contribution in [3.63, 3.8) is 0 Å². The normalized spacial score (nSPS) is 12.5. The van der Waals surface area contributed by atoms with E-state index in [0.717, 1.165) is 22.3 Å². The van der Waals surface area contributed by atoms with E-state index in [1.807, 2.05) is 55.4 Å². The van der Waals surface area contributed by atoms with Gasteiger partial charge in [0.2, 0.25) is 0 Å². The molecule has 0 bridgehead atoms. The highest BCUT2D eigenvalue weighted by Crippen LogP contribution is 2.31. The Morgan fingerprint density at radius 2 is 0.900 bits per heavy atom. The lowest BCUT2D eigenvalue weighted by Gasteiger charge is -2.30. The molecule has 0 aliphatic carbocycles. The molecule has 0 saturated carbocycles. The second-order valence-electron chi connectivity index (χ2n) is 12.1. The number of hydrogen-bond acceptors (Lipinski definition) is 6.